The summed E-state index contributed by atoms with van der Waals surface area (Å²) >= 11 is 0. The van der Waals surface area contributed by atoms with Crippen molar-refractivity contribution in [3.8, 4) is 11.5 Å². The van der Waals surface area contributed by atoms with Crippen molar-refractivity contribution in [3.05, 3.63) is 53.6 Å². The summed E-state index contributed by atoms with van der Waals surface area (Å²) in [7, 11) is 1.28. The number of halogens is 2. The lowest BCUT2D eigenvalue weighted by molar-refractivity contribution is -0.286. The number of carbonyl (C=O) groups excluding carboxylic acids is 1. The van der Waals surface area contributed by atoms with E-state index in [4.69, 9.17) is 5.84 Å². The molecule has 2 aromatic rings. The van der Waals surface area contributed by atoms with Gasteiger partial charge in [-0.2, -0.15) is 0 Å². The van der Waals surface area contributed by atoms with Gasteiger partial charge >= 0.3 is 12.3 Å². The molecule has 1 aliphatic rings. The number of hydrazine groups is 1. The first-order chi connectivity index (χ1) is 11.4. The summed E-state index contributed by atoms with van der Waals surface area (Å²) < 4.78 is 40.0. The molecule has 24 heavy (non-hydrogen) atoms. The van der Waals surface area contributed by atoms with E-state index in [9.17, 15) is 13.6 Å². The summed E-state index contributed by atoms with van der Waals surface area (Å²) in [5.41, 5.74) is 1.27. The highest BCUT2D eigenvalue weighted by Crippen LogP contribution is 2.43. The van der Waals surface area contributed by atoms with Gasteiger partial charge in [-0.05, 0) is 24.3 Å². The molecule has 0 amide bonds. The minimum atomic E-state index is -3.69. The maximum Gasteiger partial charge on any atom is 0.586 e. The third kappa shape index (κ3) is 3.09. The SMILES string of the molecule is COC(=O)c1cccc(N(N)Cc2cccc3c2OC(F)(F)O3)c1. The standard InChI is InChI=1S/C16H14F2N2O4/c1-22-15(21)10-4-2-6-12(8-10)20(19)9-11-5-3-7-13-14(11)24-16(17,18)23-13/h2-8H,9,19H2,1H3. The molecule has 0 bridgehead atoms. The Kier molecular flexibility index (Phi) is 3.98. The zero-order valence-electron chi connectivity index (χ0n) is 12.7. The molecular formula is C16H14F2N2O4. The molecule has 0 saturated heterocycles. The molecule has 0 spiro atoms. The number of hydrogen-bond acceptors (Lipinski definition) is 6. The fraction of sp³-hybridized carbons (Fsp3) is 0.188. The lowest BCUT2D eigenvalue weighted by Gasteiger charge is -2.20. The second-order valence-corrected chi connectivity index (χ2v) is 5.08. The predicted molar refractivity (Wildman–Crippen MR) is 80.8 cm³/mol. The fourth-order valence-electron chi connectivity index (χ4n) is 2.35. The summed E-state index contributed by atoms with van der Waals surface area (Å²) in [6.07, 6.45) is -3.69. The second-order valence-electron chi connectivity index (χ2n) is 5.08. The lowest BCUT2D eigenvalue weighted by Crippen LogP contribution is -2.30. The number of rotatable bonds is 4. The van der Waals surface area contributed by atoms with Gasteiger partial charge in [0, 0.05) is 5.56 Å². The van der Waals surface area contributed by atoms with Gasteiger partial charge in [-0.1, -0.05) is 18.2 Å². The molecule has 1 aliphatic heterocycles. The van der Waals surface area contributed by atoms with Gasteiger partial charge in [0.1, 0.15) is 0 Å². The van der Waals surface area contributed by atoms with Crippen molar-refractivity contribution >= 4 is 11.7 Å². The Balaban J connectivity index is 1.83. The van der Waals surface area contributed by atoms with Gasteiger partial charge in [-0.15, -0.1) is 8.78 Å². The second kappa shape index (κ2) is 5.97. The molecular weight excluding hydrogens is 322 g/mol. The van der Waals surface area contributed by atoms with E-state index in [0.29, 0.717) is 16.8 Å². The Morgan fingerprint density at radius 2 is 2.00 bits per heavy atom. The molecule has 6 nitrogen and oxygen atoms in total. The highest BCUT2D eigenvalue weighted by molar-refractivity contribution is 5.90. The molecule has 0 atom stereocenters. The molecule has 0 unspecified atom stereocenters. The topological polar surface area (TPSA) is 74.0 Å². The Morgan fingerprint density at radius 3 is 2.75 bits per heavy atom. The predicted octanol–water partition coefficient (Wildman–Crippen LogP) is 2.68. The number of hydrogen-bond donors (Lipinski definition) is 1. The van der Waals surface area contributed by atoms with Crippen LogP contribution in [0.15, 0.2) is 42.5 Å². The quantitative estimate of drug-likeness (QED) is 0.526. The van der Waals surface area contributed by atoms with Crippen molar-refractivity contribution in [1.29, 1.82) is 0 Å². The molecule has 0 aliphatic carbocycles. The molecule has 3 rings (SSSR count). The van der Waals surface area contributed by atoms with E-state index in [0.717, 1.165) is 0 Å². The van der Waals surface area contributed by atoms with Gasteiger partial charge in [-0.25, -0.2) is 10.6 Å². The summed E-state index contributed by atoms with van der Waals surface area (Å²) in [4.78, 5) is 11.6. The number of anilines is 1. The summed E-state index contributed by atoms with van der Waals surface area (Å²) in [5.74, 6) is 5.40. The number of benzene rings is 2. The van der Waals surface area contributed by atoms with Crippen LogP contribution in [0.3, 0.4) is 0 Å². The van der Waals surface area contributed by atoms with Crippen molar-refractivity contribution in [2.45, 2.75) is 12.8 Å². The van der Waals surface area contributed by atoms with Gasteiger partial charge in [0.05, 0.1) is 24.9 Å². The van der Waals surface area contributed by atoms with Gasteiger partial charge in [0.2, 0.25) is 0 Å². The normalized spacial score (nSPS) is 14.3. The van der Waals surface area contributed by atoms with Crippen LogP contribution in [-0.2, 0) is 11.3 Å². The molecule has 126 valence electrons. The van der Waals surface area contributed by atoms with Crippen LogP contribution >= 0.6 is 0 Å². The third-order valence-electron chi connectivity index (χ3n) is 3.45. The lowest BCUT2D eigenvalue weighted by atomic mass is 10.1. The minimum Gasteiger partial charge on any atom is -0.465 e. The number of fused-ring (bicyclic) bond motifs is 1. The molecule has 0 aromatic heterocycles. The zero-order valence-corrected chi connectivity index (χ0v) is 12.7. The van der Waals surface area contributed by atoms with Crippen LogP contribution in [0.25, 0.3) is 0 Å². The van der Waals surface area contributed by atoms with E-state index in [1.54, 1.807) is 36.4 Å². The van der Waals surface area contributed by atoms with Crippen LogP contribution in [0.5, 0.6) is 11.5 Å². The smallest absolute Gasteiger partial charge is 0.465 e. The van der Waals surface area contributed by atoms with Crippen molar-refractivity contribution in [1.82, 2.24) is 0 Å². The Hall–Kier alpha value is -2.87. The van der Waals surface area contributed by atoms with Crippen molar-refractivity contribution in [2.24, 2.45) is 5.84 Å². The minimum absolute atomic E-state index is 0.0470. The first-order valence-corrected chi connectivity index (χ1v) is 6.98. The van der Waals surface area contributed by atoms with E-state index in [1.807, 2.05) is 0 Å². The summed E-state index contributed by atoms with van der Waals surface area (Å²) in [5, 5.41) is 1.31. The van der Waals surface area contributed by atoms with Crippen molar-refractivity contribution < 1.29 is 27.8 Å². The third-order valence-corrected chi connectivity index (χ3v) is 3.45. The van der Waals surface area contributed by atoms with Gasteiger partial charge < -0.3 is 19.2 Å². The van der Waals surface area contributed by atoms with Crippen molar-refractivity contribution in [3.63, 3.8) is 0 Å². The van der Waals surface area contributed by atoms with Crippen LogP contribution in [-0.4, -0.2) is 19.4 Å². The highest BCUT2D eigenvalue weighted by Gasteiger charge is 2.44. The number of esters is 1. The first kappa shape index (κ1) is 16.0. The molecule has 1 heterocycles. The van der Waals surface area contributed by atoms with E-state index >= 15 is 0 Å². The number of alkyl halides is 2. The van der Waals surface area contributed by atoms with Gasteiger partial charge in [0.25, 0.3) is 0 Å². The fourth-order valence-corrected chi connectivity index (χ4v) is 2.35. The maximum atomic E-state index is 13.2. The molecule has 0 saturated carbocycles. The van der Waals surface area contributed by atoms with Gasteiger partial charge in [-0.3, -0.25) is 0 Å². The zero-order chi connectivity index (χ0) is 17.3. The van der Waals surface area contributed by atoms with Crippen LogP contribution in [0, 0.1) is 0 Å². The van der Waals surface area contributed by atoms with Crippen molar-refractivity contribution in [2.75, 3.05) is 12.1 Å². The molecule has 8 heteroatoms. The highest BCUT2D eigenvalue weighted by atomic mass is 19.3. The summed E-state index contributed by atoms with van der Waals surface area (Å²) in [6, 6.07) is 11.0. The van der Waals surface area contributed by atoms with E-state index in [2.05, 4.69) is 14.2 Å². The average Bonchev–Trinajstić information content (AvgIpc) is 2.89. The number of nitrogens with zero attached hydrogens (tertiary/aromatic N) is 1. The van der Waals surface area contributed by atoms with E-state index in [1.165, 1.54) is 18.2 Å². The van der Waals surface area contributed by atoms with Gasteiger partial charge in [0.15, 0.2) is 11.5 Å². The Labute approximate surface area is 136 Å². The summed E-state index contributed by atoms with van der Waals surface area (Å²) in [6.45, 7) is 0.0766. The Morgan fingerprint density at radius 1 is 1.25 bits per heavy atom. The number of nitrogens with two attached hydrogens (primary N) is 1. The number of ether oxygens (including phenoxy) is 3. The first-order valence-electron chi connectivity index (χ1n) is 6.98. The average molecular weight is 336 g/mol. The van der Waals surface area contributed by atoms with E-state index < -0.39 is 12.3 Å². The molecule has 0 fully saturated rings. The van der Waals surface area contributed by atoms with Crippen LogP contribution in [0.2, 0.25) is 0 Å². The Bertz CT molecular complexity index is 782. The monoisotopic (exact) mass is 336 g/mol. The van der Waals surface area contributed by atoms with Crippen LogP contribution < -0.4 is 20.3 Å². The number of para-hydroxylation sites is 1. The van der Waals surface area contributed by atoms with Crippen LogP contribution in [0.4, 0.5) is 14.5 Å². The molecule has 2 aromatic carbocycles. The maximum absolute atomic E-state index is 13.2. The number of carbonyl (C=O) groups is 1. The molecule has 2 N–H and O–H groups in total. The van der Waals surface area contributed by atoms with Crippen LogP contribution in [0.1, 0.15) is 15.9 Å². The van der Waals surface area contributed by atoms with E-state index in [-0.39, 0.29) is 18.0 Å². The molecule has 0 radical (unpaired) electrons. The number of methoxy groups -OCH3 is 1. The largest absolute Gasteiger partial charge is 0.586 e.